The lowest BCUT2D eigenvalue weighted by Crippen LogP contribution is -2.60. The smallest absolute Gasteiger partial charge is 0.323 e. The lowest BCUT2D eigenvalue weighted by molar-refractivity contribution is -0.302. The molecule has 1 aromatic carbocycles. The number of carbonyl (C=O) groups is 1. The van der Waals surface area contributed by atoms with Crippen LogP contribution in [0.3, 0.4) is 0 Å². The molecule has 0 spiro atoms. The van der Waals surface area contributed by atoms with E-state index in [-0.39, 0.29) is 25.3 Å². The van der Waals surface area contributed by atoms with E-state index in [1.165, 1.54) is 0 Å². The number of nitrogens with zero attached hydrogens (tertiary/aromatic N) is 1. The number of aliphatic hydroxyl groups is 1. The molecule has 0 aromatic heterocycles. The number of carbonyl (C=O) groups excluding carboxylic acids is 1. The molecule has 0 bridgehead atoms. The van der Waals surface area contributed by atoms with Gasteiger partial charge in [-0.3, -0.25) is 4.79 Å². The topological polar surface area (TPSA) is 78.9 Å². The maximum absolute atomic E-state index is 12.4. The predicted molar refractivity (Wildman–Crippen MR) is 110 cm³/mol. The average molecular weight is 490 g/mol. The molecule has 1 radical (unpaired) electrons. The van der Waals surface area contributed by atoms with Crippen LogP contribution < -0.4 is 0 Å². The summed E-state index contributed by atoms with van der Waals surface area (Å²) in [6.45, 7) is 7.57. The molecule has 7 heteroatoms. The summed E-state index contributed by atoms with van der Waals surface area (Å²) >= 11 is 2.02. The summed E-state index contributed by atoms with van der Waals surface area (Å²) < 4.78 is 10.6. The van der Waals surface area contributed by atoms with E-state index < -0.39 is 21.1 Å². The van der Waals surface area contributed by atoms with Gasteiger partial charge < -0.3 is 14.6 Å². The Bertz CT molecular complexity index is 604. The lowest BCUT2D eigenvalue weighted by atomic mass is 9.80. The van der Waals surface area contributed by atoms with Gasteiger partial charge in [-0.25, -0.2) is 0 Å². The van der Waals surface area contributed by atoms with Gasteiger partial charge in [-0.2, -0.15) is 0 Å². The number of ether oxygens (including phenoxy) is 2. The average Bonchev–Trinajstić information content (AvgIpc) is 2.62. The molecule has 6 nitrogen and oxygen atoms in total. The Kier molecular flexibility index (Phi) is 7.66. The Morgan fingerprint density at radius 3 is 2.30 bits per heavy atom. The van der Waals surface area contributed by atoms with Crippen molar-refractivity contribution in [2.75, 3.05) is 13.2 Å². The van der Waals surface area contributed by atoms with E-state index in [0.717, 1.165) is 10.6 Å². The molecule has 1 N–H and O–H groups in total. The standard InChI is InChI=1S/C20H29INO5/c1-19(2)10-16(11-20(3,4)22(19)25)26-12-15(23)13-27-18(24)17(21)14-8-6-5-7-9-14/h5-9,15-17,23H,10-13H2,1-4H3. The Hall–Kier alpha value is -0.740. The SMILES string of the molecule is CC1(C)CC(OCC(O)COC(=O)C(I)c2ccccc2)CC(C)(C)N1[O]. The first-order valence-corrected chi connectivity index (χ1v) is 10.4. The number of aliphatic hydroxyl groups excluding tert-OH is 1. The molecular weight excluding hydrogens is 461 g/mol. The zero-order chi connectivity index (χ0) is 20.2. The van der Waals surface area contributed by atoms with Gasteiger partial charge in [0.1, 0.15) is 16.6 Å². The minimum atomic E-state index is -0.898. The van der Waals surface area contributed by atoms with Crippen molar-refractivity contribution in [3.8, 4) is 0 Å². The van der Waals surface area contributed by atoms with Crippen molar-refractivity contribution < 1.29 is 24.6 Å². The van der Waals surface area contributed by atoms with E-state index in [1.807, 2.05) is 80.6 Å². The van der Waals surface area contributed by atoms with E-state index in [4.69, 9.17) is 9.47 Å². The van der Waals surface area contributed by atoms with Crippen LogP contribution in [0.4, 0.5) is 0 Å². The Morgan fingerprint density at radius 1 is 1.19 bits per heavy atom. The number of hydrogen-bond acceptors (Lipinski definition) is 5. The molecule has 1 aromatic rings. The molecule has 0 saturated carbocycles. The van der Waals surface area contributed by atoms with Crippen LogP contribution in [0.1, 0.15) is 50.0 Å². The highest BCUT2D eigenvalue weighted by Gasteiger charge is 2.46. The first-order chi connectivity index (χ1) is 12.5. The van der Waals surface area contributed by atoms with Crippen LogP contribution in [0, 0.1) is 0 Å². The van der Waals surface area contributed by atoms with Gasteiger partial charge in [0.15, 0.2) is 0 Å². The molecule has 2 rings (SSSR count). The second-order valence-corrected chi connectivity index (χ2v) is 9.59. The highest BCUT2D eigenvalue weighted by Crippen LogP contribution is 2.38. The van der Waals surface area contributed by atoms with Gasteiger partial charge in [0.05, 0.1) is 12.7 Å². The summed E-state index contributed by atoms with van der Waals surface area (Å²) in [6.07, 6.45) is 0.170. The number of benzene rings is 1. The Morgan fingerprint density at radius 2 is 1.74 bits per heavy atom. The maximum Gasteiger partial charge on any atom is 0.323 e. The molecular formula is C20H29INO5. The number of rotatable bonds is 7. The van der Waals surface area contributed by atoms with E-state index in [0.29, 0.717) is 12.8 Å². The van der Waals surface area contributed by atoms with Gasteiger partial charge in [-0.15, -0.1) is 10.3 Å². The zero-order valence-corrected chi connectivity index (χ0v) is 18.5. The summed E-state index contributed by atoms with van der Waals surface area (Å²) in [5.74, 6) is -0.386. The second-order valence-electron chi connectivity index (χ2n) is 8.34. The first-order valence-electron chi connectivity index (χ1n) is 9.16. The minimum absolute atomic E-state index is 0.0697. The highest BCUT2D eigenvalue weighted by atomic mass is 127. The van der Waals surface area contributed by atoms with Crippen molar-refractivity contribution in [1.29, 1.82) is 0 Å². The van der Waals surface area contributed by atoms with Crippen LogP contribution in [0.5, 0.6) is 0 Å². The highest BCUT2D eigenvalue weighted by molar-refractivity contribution is 14.1. The fourth-order valence-electron chi connectivity index (χ4n) is 3.59. The summed E-state index contributed by atoms with van der Waals surface area (Å²) in [6, 6.07) is 9.35. The monoisotopic (exact) mass is 490 g/mol. The Balaban J connectivity index is 1.78. The van der Waals surface area contributed by atoms with Crippen molar-refractivity contribution in [2.45, 2.75) is 67.7 Å². The second kappa shape index (κ2) is 9.17. The molecule has 2 unspecified atom stereocenters. The van der Waals surface area contributed by atoms with Crippen LogP contribution in [0.2, 0.25) is 0 Å². The van der Waals surface area contributed by atoms with E-state index >= 15 is 0 Å². The number of hydrogen-bond donors (Lipinski definition) is 1. The minimum Gasteiger partial charge on any atom is -0.462 e. The fraction of sp³-hybridized carbons (Fsp3) is 0.650. The molecule has 151 valence electrons. The third-order valence-corrected chi connectivity index (χ3v) is 6.02. The first kappa shape index (κ1) is 22.5. The van der Waals surface area contributed by atoms with Crippen molar-refractivity contribution in [3.63, 3.8) is 0 Å². The molecule has 1 aliphatic rings. The number of hydroxylamine groups is 2. The molecule has 1 fully saturated rings. The van der Waals surface area contributed by atoms with E-state index in [1.54, 1.807) is 0 Å². The third kappa shape index (κ3) is 6.12. The summed E-state index contributed by atoms with van der Waals surface area (Å²) in [7, 11) is 0. The van der Waals surface area contributed by atoms with Gasteiger partial charge in [0, 0.05) is 11.1 Å². The van der Waals surface area contributed by atoms with Gasteiger partial charge in [-0.1, -0.05) is 52.9 Å². The summed E-state index contributed by atoms with van der Waals surface area (Å²) in [5.41, 5.74) is -0.176. The van der Waals surface area contributed by atoms with E-state index in [2.05, 4.69) is 0 Å². The van der Waals surface area contributed by atoms with Crippen molar-refractivity contribution in [3.05, 3.63) is 35.9 Å². The Labute approximate surface area is 174 Å². The van der Waals surface area contributed by atoms with Crippen LogP contribution in [-0.2, 0) is 19.5 Å². The lowest BCUT2D eigenvalue weighted by Gasteiger charge is -2.49. The van der Waals surface area contributed by atoms with Crippen LogP contribution in [0.25, 0.3) is 0 Å². The number of halogens is 1. The number of esters is 1. The van der Waals surface area contributed by atoms with Crippen LogP contribution >= 0.6 is 22.6 Å². The van der Waals surface area contributed by atoms with Crippen molar-refractivity contribution in [1.82, 2.24) is 5.06 Å². The maximum atomic E-state index is 12.4. The molecule has 27 heavy (non-hydrogen) atoms. The van der Waals surface area contributed by atoms with Gasteiger partial charge in [-0.05, 0) is 46.1 Å². The van der Waals surface area contributed by atoms with E-state index in [9.17, 15) is 15.1 Å². The quantitative estimate of drug-likeness (QED) is 0.360. The van der Waals surface area contributed by atoms with Gasteiger partial charge in [0.25, 0.3) is 0 Å². The van der Waals surface area contributed by atoms with Gasteiger partial charge in [0.2, 0.25) is 0 Å². The van der Waals surface area contributed by atoms with Crippen molar-refractivity contribution >= 4 is 28.6 Å². The number of alkyl halides is 1. The number of piperidine rings is 1. The molecule has 0 amide bonds. The van der Waals surface area contributed by atoms with Crippen LogP contribution in [0.15, 0.2) is 30.3 Å². The van der Waals surface area contributed by atoms with Crippen LogP contribution in [-0.4, -0.2) is 52.6 Å². The third-order valence-electron chi connectivity index (χ3n) is 4.80. The molecule has 1 aliphatic heterocycles. The molecule has 0 aliphatic carbocycles. The zero-order valence-electron chi connectivity index (χ0n) is 16.4. The fourth-order valence-corrected chi connectivity index (χ4v) is 4.19. The molecule has 2 atom stereocenters. The normalized spacial score (nSPS) is 22.2. The molecule has 1 heterocycles. The predicted octanol–water partition coefficient (Wildman–Crippen LogP) is 3.45. The summed E-state index contributed by atoms with van der Waals surface area (Å²) in [5, 5.41) is 23.6. The van der Waals surface area contributed by atoms with Gasteiger partial charge >= 0.3 is 5.97 Å². The largest absolute Gasteiger partial charge is 0.462 e. The molecule has 1 saturated heterocycles. The summed E-state index contributed by atoms with van der Waals surface area (Å²) in [4.78, 5) is 12.1. The van der Waals surface area contributed by atoms with Crippen molar-refractivity contribution in [2.24, 2.45) is 0 Å².